The SMILES string of the molecule is CC(NC(=O)NC1(C)CCCCC1)C(C)C(=O)O. The molecule has 0 aromatic carbocycles. The second kappa shape index (κ2) is 6.07. The number of amides is 2. The van der Waals surface area contributed by atoms with Crippen LogP contribution in [0.15, 0.2) is 0 Å². The summed E-state index contributed by atoms with van der Waals surface area (Å²) in [6, 6.07) is -0.644. The van der Waals surface area contributed by atoms with E-state index in [1.807, 2.05) is 0 Å². The number of rotatable bonds is 4. The van der Waals surface area contributed by atoms with E-state index in [9.17, 15) is 9.59 Å². The zero-order chi connectivity index (χ0) is 13.8. The van der Waals surface area contributed by atoms with Gasteiger partial charge in [0.2, 0.25) is 0 Å². The number of nitrogens with one attached hydrogen (secondary N) is 2. The van der Waals surface area contributed by atoms with Gasteiger partial charge in [-0.2, -0.15) is 0 Å². The Morgan fingerprint density at radius 1 is 1.17 bits per heavy atom. The Bertz CT molecular complexity index is 311. The Morgan fingerprint density at radius 2 is 1.72 bits per heavy atom. The van der Waals surface area contributed by atoms with E-state index in [0.717, 1.165) is 25.7 Å². The molecule has 0 aromatic heterocycles. The number of hydrogen-bond donors (Lipinski definition) is 3. The zero-order valence-corrected chi connectivity index (χ0v) is 11.5. The highest BCUT2D eigenvalue weighted by atomic mass is 16.4. The molecule has 1 fully saturated rings. The summed E-state index contributed by atoms with van der Waals surface area (Å²) >= 11 is 0. The van der Waals surface area contributed by atoms with Crippen LogP contribution in [-0.2, 0) is 4.79 Å². The molecular formula is C13H24N2O3. The molecule has 1 aliphatic rings. The van der Waals surface area contributed by atoms with Crippen molar-refractivity contribution in [3.05, 3.63) is 0 Å². The number of carbonyl (C=O) groups is 2. The number of carbonyl (C=O) groups excluding carboxylic acids is 1. The van der Waals surface area contributed by atoms with E-state index in [1.165, 1.54) is 6.42 Å². The third-order valence-corrected chi connectivity index (χ3v) is 3.87. The lowest BCUT2D eigenvalue weighted by Crippen LogP contribution is -2.54. The van der Waals surface area contributed by atoms with Crippen molar-refractivity contribution in [2.45, 2.75) is 64.5 Å². The molecule has 0 aliphatic heterocycles. The Balaban J connectivity index is 2.43. The van der Waals surface area contributed by atoms with Crippen molar-refractivity contribution in [1.82, 2.24) is 10.6 Å². The lowest BCUT2D eigenvalue weighted by molar-refractivity contribution is -0.141. The van der Waals surface area contributed by atoms with Crippen LogP contribution in [0.2, 0.25) is 0 Å². The van der Waals surface area contributed by atoms with Gasteiger partial charge in [-0.15, -0.1) is 0 Å². The molecule has 0 spiro atoms. The summed E-state index contributed by atoms with van der Waals surface area (Å²) in [5.74, 6) is -1.48. The molecule has 1 aliphatic carbocycles. The summed E-state index contributed by atoms with van der Waals surface area (Å²) in [7, 11) is 0. The molecule has 0 heterocycles. The molecule has 0 radical (unpaired) electrons. The van der Waals surface area contributed by atoms with Gasteiger partial charge < -0.3 is 15.7 Å². The Hall–Kier alpha value is -1.26. The molecule has 5 heteroatoms. The van der Waals surface area contributed by atoms with Crippen LogP contribution in [0.3, 0.4) is 0 Å². The third-order valence-electron chi connectivity index (χ3n) is 3.87. The predicted octanol–water partition coefficient (Wildman–Crippen LogP) is 2.12. The second-order valence-electron chi connectivity index (χ2n) is 5.64. The molecular weight excluding hydrogens is 232 g/mol. The minimum atomic E-state index is -0.897. The minimum absolute atomic E-state index is 0.144. The summed E-state index contributed by atoms with van der Waals surface area (Å²) in [5, 5.41) is 14.5. The van der Waals surface area contributed by atoms with Gasteiger partial charge in [0.1, 0.15) is 0 Å². The molecule has 1 rings (SSSR count). The first kappa shape index (κ1) is 14.8. The topological polar surface area (TPSA) is 78.4 Å². The quantitative estimate of drug-likeness (QED) is 0.721. The molecule has 2 atom stereocenters. The van der Waals surface area contributed by atoms with Gasteiger partial charge >= 0.3 is 12.0 Å². The van der Waals surface area contributed by atoms with Gasteiger partial charge in [-0.05, 0) is 33.6 Å². The number of aliphatic carboxylic acids is 1. The smallest absolute Gasteiger partial charge is 0.315 e. The summed E-state index contributed by atoms with van der Waals surface area (Å²) in [4.78, 5) is 22.6. The van der Waals surface area contributed by atoms with Crippen LogP contribution in [0.5, 0.6) is 0 Å². The van der Waals surface area contributed by atoms with Crippen LogP contribution >= 0.6 is 0 Å². The summed E-state index contributed by atoms with van der Waals surface area (Å²) in [6.07, 6.45) is 5.48. The van der Waals surface area contributed by atoms with Crippen LogP contribution in [0.25, 0.3) is 0 Å². The van der Waals surface area contributed by atoms with Crippen molar-refractivity contribution in [3.63, 3.8) is 0 Å². The predicted molar refractivity (Wildman–Crippen MR) is 69.4 cm³/mol. The van der Waals surface area contributed by atoms with Crippen LogP contribution < -0.4 is 10.6 Å². The van der Waals surface area contributed by atoms with E-state index in [1.54, 1.807) is 13.8 Å². The number of hydrogen-bond acceptors (Lipinski definition) is 2. The van der Waals surface area contributed by atoms with Crippen molar-refractivity contribution < 1.29 is 14.7 Å². The molecule has 1 saturated carbocycles. The molecule has 3 N–H and O–H groups in total. The molecule has 0 aromatic rings. The summed E-state index contributed by atoms with van der Waals surface area (Å²) in [6.45, 7) is 5.36. The highest BCUT2D eigenvalue weighted by Crippen LogP contribution is 2.27. The minimum Gasteiger partial charge on any atom is -0.481 e. The summed E-state index contributed by atoms with van der Waals surface area (Å²) in [5.41, 5.74) is -0.144. The Kier molecular flexibility index (Phi) is 4.99. The van der Waals surface area contributed by atoms with Crippen LogP contribution in [0, 0.1) is 5.92 Å². The van der Waals surface area contributed by atoms with Gasteiger partial charge in [0.25, 0.3) is 0 Å². The highest BCUT2D eigenvalue weighted by Gasteiger charge is 2.29. The normalized spacial score (nSPS) is 21.7. The lowest BCUT2D eigenvalue weighted by atomic mass is 9.83. The van der Waals surface area contributed by atoms with Crippen molar-refractivity contribution in [3.8, 4) is 0 Å². The third kappa shape index (κ3) is 4.20. The first-order valence-electron chi connectivity index (χ1n) is 6.65. The fourth-order valence-electron chi connectivity index (χ4n) is 2.31. The van der Waals surface area contributed by atoms with Gasteiger partial charge in [0.05, 0.1) is 5.92 Å². The number of urea groups is 1. The van der Waals surface area contributed by atoms with E-state index in [-0.39, 0.29) is 17.6 Å². The van der Waals surface area contributed by atoms with Gasteiger partial charge in [0.15, 0.2) is 0 Å². The van der Waals surface area contributed by atoms with Gasteiger partial charge in [0, 0.05) is 11.6 Å². The fourth-order valence-corrected chi connectivity index (χ4v) is 2.31. The molecule has 5 nitrogen and oxygen atoms in total. The van der Waals surface area contributed by atoms with E-state index < -0.39 is 11.9 Å². The van der Waals surface area contributed by atoms with Crippen LogP contribution in [0.4, 0.5) is 4.79 Å². The molecule has 0 saturated heterocycles. The van der Waals surface area contributed by atoms with E-state index in [4.69, 9.17) is 5.11 Å². The monoisotopic (exact) mass is 256 g/mol. The average molecular weight is 256 g/mol. The fraction of sp³-hybridized carbons (Fsp3) is 0.846. The van der Waals surface area contributed by atoms with Crippen LogP contribution in [-0.4, -0.2) is 28.7 Å². The molecule has 2 unspecified atom stereocenters. The first-order chi connectivity index (χ1) is 8.34. The summed E-state index contributed by atoms with van der Waals surface area (Å²) < 4.78 is 0. The van der Waals surface area contributed by atoms with Gasteiger partial charge in [-0.25, -0.2) is 4.79 Å². The maximum atomic E-state index is 11.8. The maximum absolute atomic E-state index is 11.8. The highest BCUT2D eigenvalue weighted by molar-refractivity contribution is 5.77. The Morgan fingerprint density at radius 3 is 2.22 bits per heavy atom. The van der Waals surface area contributed by atoms with Crippen molar-refractivity contribution in [2.75, 3.05) is 0 Å². The average Bonchev–Trinajstić information content (AvgIpc) is 2.27. The first-order valence-corrected chi connectivity index (χ1v) is 6.65. The van der Waals surface area contributed by atoms with E-state index in [2.05, 4.69) is 17.6 Å². The number of carboxylic acids is 1. The van der Waals surface area contributed by atoms with Crippen molar-refractivity contribution in [1.29, 1.82) is 0 Å². The van der Waals surface area contributed by atoms with Crippen molar-refractivity contribution in [2.24, 2.45) is 5.92 Å². The Labute approximate surface area is 108 Å². The number of carboxylic acid groups (broad SMARTS) is 1. The van der Waals surface area contributed by atoms with Gasteiger partial charge in [-0.3, -0.25) is 4.79 Å². The van der Waals surface area contributed by atoms with Crippen molar-refractivity contribution >= 4 is 12.0 Å². The molecule has 18 heavy (non-hydrogen) atoms. The van der Waals surface area contributed by atoms with Crippen LogP contribution in [0.1, 0.15) is 52.9 Å². The largest absolute Gasteiger partial charge is 0.481 e. The molecule has 2 amide bonds. The lowest BCUT2D eigenvalue weighted by Gasteiger charge is -2.35. The van der Waals surface area contributed by atoms with Gasteiger partial charge in [-0.1, -0.05) is 19.3 Å². The van der Waals surface area contributed by atoms with E-state index >= 15 is 0 Å². The zero-order valence-electron chi connectivity index (χ0n) is 11.5. The van der Waals surface area contributed by atoms with E-state index in [0.29, 0.717) is 0 Å². The molecule has 104 valence electrons. The second-order valence-corrected chi connectivity index (χ2v) is 5.64. The standard InChI is InChI=1S/C13H24N2O3/c1-9(11(16)17)10(2)14-12(18)15-13(3)7-5-4-6-8-13/h9-10H,4-8H2,1-3H3,(H,16,17)(H2,14,15,18). The molecule has 0 bridgehead atoms. The maximum Gasteiger partial charge on any atom is 0.315 e.